The quantitative estimate of drug-likeness (QED) is 0.872. The van der Waals surface area contributed by atoms with Gasteiger partial charge in [0.05, 0.1) is 34.3 Å². The first-order valence-electron chi connectivity index (χ1n) is 7.42. The number of nitrogens with one attached hydrogen (secondary N) is 1. The molecule has 1 saturated heterocycles. The molecule has 2 amide bonds. The van der Waals surface area contributed by atoms with Crippen LogP contribution in [0.2, 0.25) is 5.02 Å². The first kappa shape index (κ1) is 17.4. The summed E-state index contributed by atoms with van der Waals surface area (Å²) in [5, 5.41) is 2.83. The highest BCUT2D eigenvalue weighted by Crippen LogP contribution is 2.29. The number of anilines is 1. The minimum atomic E-state index is -3.70. The summed E-state index contributed by atoms with van der Waals surface area (Å²) in [4.78, 5) is 28.3. The summed E-state index contributed by atoms with van der Waals surface area (Å²) in [5.74, 6) is -1.25. The van der Waals surface area contributed by atoms with Crippen molar-refractivity contribution in [3.05, 3.63) is 58.9 Å². The topological polar surface area (TPSA) is 96.4 Å². The molecular weight excluding hydrogens is 366 g/mol. The third-order valence-corrected chi connectivity index (χ3v) is 5.68. The number of pyridine rings is 1. The minimum Gasteiger partial charge on any atom is -0.346 e. The summed E-state index contributed by atoms with van der Waals surface area (Å²) in [7, 11) is -3.70. The van der Waals surface area contributed by atoms with Gasteiger partial charge in [-0.1, -0.05) is 17.7 Å². The molecule has 1 fully saturated rings. The fraction of sp³-hybridized carbons (Fsp3) is 0.188. The molecule has 2 aromatic rings. The third kappa shape index (κ3) is 3.64. The molecule has 2 heterocycles. The standard InChI is InChI=1S/C16H14ClN3O4S/c17-14-5-4-12(20-15(21)6-8-25(20,23)24)9-13(14)16(22)19-10-11-3-1-2-7-18-11/h1-5,7,9H,6,8,10H2,(H,19,22). The van der Waals surface area contributed by atoms with Gasteiger partial charge in [0.25, 0.3) is 5.91 Å². The van der Waals surface area contributed by atoms with Crippen molar-refractivity contribution >= 4 is 39.1 Å². The van der Waals surface area contributed by atoms with Crippen LogP contribution in [0.1, 0.15) is 22.5 Å². The van der Waals surface area contributed by atoms with Gasteiger partial charge in [0, 0.05) is 12.6 Å². The Bertz CT molecular complexity index is 932. The van der Waals surface area contributed by atoms with Crippen molar-refractivity contribution in [2.24, 2.45) is 0 Å². The van der Waals surface area contributed by atoms with Gasteiger partial charge in [-0.15, -0.1) is 0 Å². The van der Waals surface area contributed by atoms with Crippen molar-refractivity contribution in [3.8, 4) is 0 Å². The van der Waals surface area contributed by atoms with Gasteiger partial charge in [0.1, 0.15) is 0 Å². The fourth-order valence-corrected chi connectivity index (χ4v) is 4.11. The number of nitrogens with zero attached hydrogens (tertiary/aromatic N) is 2. The average molecular weight is 380 g/mol. The van der Waals surface area contributed by atoms with Gasteiger partial charge >= 0.3 is 0 Å². The molecule has 1 aliphatic heterocycles. The van der Waals surface area contributed by atoms with E-state index in [4.69, 9.17) is 11.6 Å². The maximum absolute atomic E-state index is 12.4. The normalized spacial score (nSPS) is 16.0. The highest BCUT2D eigenvalue weighted by Gasteiger charge is 2.36. The van der Waals surface area contributed by atoms with E-state index >= 15 is 0 Å². The zero-order valence-corrected chi connectivity index (χ0v) is 14.5. The maximum Gasteiger partial charge on any atom is 0.253 e. The number of hydrogen-bond donors (Lipinski definition) is 1. The molecule has 3 rings (SSSR count). The smallest absolute Gasteiger partial charge is 0.253 e. The van der Waals surface area contributed by atoms with E-state index in [2.05, 4.69) is 10.3 Å². The van der Waals surface area contributed by atoms with Crippen molar-refractivity contribution < 1.29 is 18.0 Å². The van der Waals surface area contributed by atoms with E-state index in [1.165, 1.54) is 18.2 Å². The zero-order chi connectivity index (χ0) is 18.0. The first-order chi connectivity index (χ1) is 11.9. The lowest BCUT2D eigenvalue weighted by Crippen LogP contribution is -2.30. The predicted octanol–water partition coefficient (Wildman–Crippen LogP) is 1.73. The number of benzene rings is 1. The number of sulfonamides is 1. The largest absolute Gasteiger partial charge is 0.346 e. The lowest BCUT2D eigenvalue weighted by Gasteiger charge is -2.16. The van der Waals surface area contributed by atoms with Crippen LogP contribution in [0.25, 0.3) is 0 Å². The monoisotopic (exact) mass is 379 g/mol. The molecule has 1 aliphatic rings. The van der Waals surface area contributed by atoms with E-state index in [9.17, 15) is 18.0 Å². The van der Waals surface area contributed by atoms with Crippen molar-refractivity contribution in [3.63, 3.8) is 0 Å². The SMILES string of the molecule is O=C(NCc1ccccn1)c1cc(N2C(=O)CCS2(=O)=O)ccc1Cl. The predicted molar refractivity (Wildman–Crippen MR) is 92.7 cm³/mol. The van der Waals surface area contributed by atoms with E-state index in [1.807, 2.05) is 0 Å². The molecule has 0 saturated carbocycles. The van der Waals surface area contributed by atoms with Crippen LogP contribution < -0.4 is 9.62 Å². The summed E-state index contributed by atoms with van der Waals surface area (Å²) in [6.07, 6.45) is 1.53. The second kappa shape index (κ2) is 6.81. The second-order valence-electron chi connectivity index (χ2n) is 5.39. The number of carbonyl (C=O) groups excluding carboxylic acids is 2. The van der Waals surface area contributed by atoms with E-state index in [-0.39, 0.29) is 35.0 Å². The number of hydrogen-bond acceptors (Lipinski definition) is 5. The molecule has 0 radical (unpaired) electrons. The molecule has 0 aliphatic carbocycles. The molecule has 1 N–H and O–H groups in total. The summed E-state index contributed by atoms with van der Waals surface area (Å²) in [6.45, 7) is 0.196. The molecule has 1 aromatic carbocycles. The van der Waals surface area contributed by atoms with Crippen LogP contribution in [0.5, 0.6) is 0 Å². The van der Waals surface area contributed by atoms with Crippen LogP contribution in [0.4, 0.5) is 5.69 Å². The van der Waals surface area contributed by atoms with Crippen LogP contribution in [0, 0.1) is 0 Å². The molecule has 1 aromatic heterocycles. The van der Waals surface area contributed by atoms with Gasteiger partial charge in [-0.3, -0.25) is 14.6 Å². The summed E-state index contributed by atoms with van der Waals surface area (Å²) in [6, 6.07) is 9.42. The van der Waals surface area contributed by atoms with Crippen molar-refractivity contribution in [2.75, 3.05) is 10.1 Å². The van der Waals surface area contributed by atoms with Crippen LogP contribution in [-0.2, 0) is 21.4 Å². The van der Waals surface area contributed by atoms with Crippen molar-refractivity contribution in [1.82, 2.24) is 10.3 Å². The lowest BCUT2D eigenvalue weighted by molar-refractivity contribution is -0.116. The highest BCUT2D eigenvalue weighted by atomic mass is 35.5. The molecule has 0 unspecified atom stereocenters. The third-order valence-electron chi connectivity index (χ3n) is 3.66. The Morgan fingerprint density at radius 1 is 1.28 bits per heavy atom. The number of amides is 2. The molecular formula is C16H14ClN3O4S. The Balaban J connectivity index is 1.84. The van der Waals surface area contributed by atoms with Crippen molar-refractivity contribution in [1.29, 1.82) is 0 Å². The number of aromatic nitrogens is 1. The van der Waals surface area contributed by atoms with Crippen LogP contribution >= 0.6 is 11.6 Å². The Labute approximate surface area is 149 Å². The van der Waals surface area contributed by atoms with Gasteiger partial charge in [0.15, 0.2) is 0 Å². The Kier molecular flexibility index (Phi) is 4.73. The van der Waals surface area contributed by atoms with Crippen LogP contribution in [0.3, 0.4) is 0 Å². The van der Waals surface area contributed by atoms with Gasteiger partial charge in [0.2, 0.25) is 15.9 Å². The Morgan fingerprint density at radius 2 is 2.08 bits per heavy atom. The van der Waals surface area contributed by atoms with E-state index in [0.29, 0.717) is 5.69 Å². The Hall–Kier alpha value is -2.45. The van der Waals surface area contributed by atoms with Crippen LogP contribution in [-0.4, -0.2) is 31.0 Å². The molecule has 0 bridgehead atoms. The first-order valence-corrected chi connectivity index (χ1v) is 9.41. The molecule has 25 heavy (non-hydrogen) atoms. The molecule has 9 heteroatoms. The molecule has 0 atom stereocenters. The highest BCUT2D eigenvalue weighted by molar-refractivity contribution is 7.94. The van der Waals surface area contributed by atoms with Gasteiger partial charge in [-0.05, 0) is 30.3 Å². The van der Waals surface area contributed by atoms with Gasteiger partial charge < -0.3 is 5.32 Å². The number of rotatable bonds is 4. The van der Waals surface area contributed by atoms with Crippen LogP contribution in [0.15, 0.2) is 42.6 Å². The molecule has 0 spiro atoms. The summed E-state index contributed by atoms with van der Waals surface area (Å²) in [5.41, 5.74) is 0.861. The van der Waals surface area contributed by atoms with E-state index in [0.717, 1.165) is 4.31 Å². The maximum atomic E-state index is 12.4. The molecule has 130 valence electrons. The average Bonchev–Trinajstić information content (AvgIpc) is 2.87. The second-order valence-corrected chi connectivity index (χ2v) is 7.74. The van der Waals surface area contributed by atoms with Gasteiger partial charge in [-0.2, -0.15) is 0 Å². The summed E-state index contributed by atoms with van der Waals surface area (Å²) < 4.78 is 24.7. The van der Waals surface area contributed by atoms with Gasteiger partial charge in [-0.25, -0.2) is 12.7 Å². The van der Waals surface area contributed by atoms with E-state index in [1.54, 1.807) is 24.4 Å². The molecule has 7 nitrogen and oxygen atoms in total. The number of halogens is 1. The van der Waals surface area contributed by atoms with Crippen molar-refractivity contribution in [2.45, 2.75) is 13.0 Å². The number of carbonyl (C=O) groups is 2. The zero-order valence-electron chi connectivity index (χ0n) is 13.0. The fourth-order valence-electron chi connectivity index (χ4n) is 2.45. The van der Waals surface area contributed by atoms with E-state index < -0.39 is 21.8 Å². The lowest BCUT2D eigenvalue weighted by atomic mass is 10.1. The minimum absolute atomic E-state index is 0.0772. The summed E-state index contributed by atoms with van der Waals surface area (Å²) >= 11 is 6.06. The Morgan fingerprint density at radius 3 is 2.72 bits per heavy atom.